The Morgan fingerprint density at radius 1 is 1.22 bits per heavy atom. The summed E-state index contributed by atoms with van der Waals surface area (Å²) in [4.78, 5) is 24.2. The Balaban J connectivity index is 1.47. The zero-order chi connectivity index (χ0) is 22.7. The number of benzene rings is 1. The van der Waals surface area contributed by atoms with Crippen molar-refractivity contribution in [1.29, 1.82) is 0 Å². The molecule has 0 radical (unpaired) electrons. The van der Waals surface area contributed by atoms with Gasteiger partial charge in [0.05, 0.1) is 12.8 Å². The molecule has 1 aliphatic rings. The minimum atomic E-state index is -0.0601. The summed E-state index contributed by atoms with van der Waals surface area (Å²) in [5.41, 5.74) is 2.22. The summed E-state index contributed by atoms with van der Waals surface area (Å²) in [7, 11) is 1.63. The number of piperidine rings is 1. The van der Waals surface area contributed by atoms with Gasteiger partial charge in [0.15, 0.2) is 0 Å². The molecule has 3 aromatic rings. The number of aryl methyl sites for hydroxylation is 2. The van der Waals surface area contributed by atoms with E-state index >= 15 is 0 Å². The van der Waals surface area contributed by atoms with Crippen molar-refractivity contribution in [2.24, 2.45) is 11.8 Å². The molecule has 0 aliphatic carbocycles. The second kappa shape index (κ2) is 9.54. The van der Waals surface area contributed by atoms with Gasteiger partial charge in [-0.2, -0.15) is 4.98 Å². The number of anilines is 1. The van der Waals surface area contributed by atoms with Gasteiger partial charge in [0, 0.05) is 38.0 Å². The molecular formula is C24H31N5O3. The average Bonchev–Trinajstić information content (AvgIpc) is 3.16. The molecule has 1 amide bonds. The Labute approximate surface area is 188 Å². The summed E-state index contributed by atoms with van der Waals surface area (Å²) in [6.07, 6.45) is 1.94. The van der Waals surface area contributed by atoms with Gasteiger partial charge in [-0.15, -0.1) is 0 Å². The van der Waals surface area contributed by atoms with Gasteiger partial charge in [0.1, 0.15) is 22.8 Å². The number of aromatic nitrogens is 3. The molecule has 170 valence electrons. The van der Waals surface area contributed by atoms with Crippen LogP contribution in [-0.4, -0.2) is 41.2 Å². The van der Waals surface area contributed by atoms with E-state index in [9.17, 15) is 4.79 Å². The topological polar surface area (TPSA) is 93.4 Å². The summed E-state index contributed by atoms with van der Waals surface area (Å²) in [5.74, 6) is 3.35. The Kier molecular flexibility index (Phi) is 6.58. The molecule has 1 aromatic carbocycles. The average molecular weight is 438 g/mol. The summed E-state index contributed by atoms with van der Waals surface area (Å²) in [5, 5.41) is 7.93. The lowest BCUT2D eigenvalue weighted by Gasteiger charge is -2.36. The second-order valence-corrected chi connectivity index (χ2v) is 8.85. The number of hydrogen-bond acceptors (Lipinski definition) is 7. The first-order valence-electron chi connectivity index (χ1n) is 11.2. The Bertz CT molecular complexity index is 1090. The predicted molar refractivity (Wildman–Crippen MR) is 123 cm³/mol. The molecule has 32 heavy (non-hydrogen) atoms. The molecule has 8 nitrogen and oxygen atoms in total. The Morgan fingerprint density at radius 3 is 2.72 bits per heavy atom. The molecule has 1 aliphatic heterocycles. The number of carbonyl (C=O) groups excluding carboxylic acids is 1. The largest absolute Gasteiger partial charge is 0.496 e. The van der Waals surface area contributed by atoms with Crippen LogP contribution >= 0.6 is 0 Å². The van der Waals surface area contributed by atoms with E-state index < -0.39 is 0 Å². The monoisotopic (exact) mass is 437 g/mol. The normalized spacial score (nSPS) is 18.7. The molecule has 8 heteroatoms. The Hall–Kier alpha value is -3.16. The van der Waals surface area contributed by atoms with E-state index in [4.69, 9.17) is 14.2 Å². The molecule has 0 spiro atoms. The van der Waals surface area contributed by atoms with Crippen LogP contribution in [0.2, 0.25) is 0 Å². The third kappa shape index (κ3) is 4.84. The minimum Gasteiger partial charge on any atom is -0.496 e. The van der Waals surface area contributed by atoms with E-state index in [1.54, 1.807) is 7.11 Å². The van der Waals surface area contributed by atoms with Crippen molar-refractivity contribution in [3.8, 4) is 5.75 Å². The molecule has 2 aromatic heterocycles. The van der Waals surface area contributed by atoms with Crippen LogP contribution in [0.25, 0.3) is 11.1 Å². The van der Waals surface area contributed by atoms with E-state index in [0.717, 1.165) is 41.3 Å². The fourth-order valence-electron chi connectivity index (χ4n) is 4.54. The summed E-state index contributed by atoms with van der Waals surface area (Å²) >= 11 is 0. The number of fused-ring (bicyclic) bond motifs is 1. The van der Waals surface area contributed by atoms with E-state index in [2.05, 4.69) is 34.2 Å². The second-order valence-electron chi connectivity index (χ2n) is 8.85. The molecule has 3 heterocycles. The number of hydrogen-bond donors (Lipinski definition) is 1. The highest BCUT2D eigenvalue weighted by atomic mass is 16.5. The van der Waals surface area contributed by atoms with E-state index in [-0.39, 0.29) is 5.91 Å². The maximum absolute atomic E-state index is 12.5. The van der Waals surface area contributed by atoms with Crippen LogP contribution in [-0.2, 0) is 17.8 Å². The van der Waals surface area contributed by atoms with Crippen LogP contribution in [0.1, 0.15) is 43.8 Å². The summed E-state index contributed by atoms with van der Waals surface area (Å²) < 4.78 is 10.8. The van der Waals surface area contributed by atoms with E-state index in [0.29, 0.717) is 42.8 Å². The van der Waals surface area contributed by atoms with Crippen molar-refractivity contribution < 1.29 is 14.1 Å². The standard InChI is InChI=1S/C24H31N5O3/c1-15-11-16(2)14-29(13-15)23-22-17(3)28-32-24(22)27-20(26-23)9-10-21(30)25-12-18-7-5-6-8-19(18)31-4/h5-8,15-16H,9-14H2,1-4H3,(H,25,30)/t15-,16-/m1/s1. The first kappa shape index (κ1) is 22.0. The molecule has 0 unspecified atom stereocenters. The first-order chi connectivity index (χ1) is 15.4. The van der Waals surface area contributed by atoms with Gasteiger partial charge < -0.3 is 19.5 Å². The third-order valence-corrected chi connectivity index (χ3v) is 5.95. The Morgan fingerprint density at radius 2 is 1.97 bits per heavy atom. The van der Waals surface area contributed by atoms with Crippen molar-refractivity contribution >= 4 is 22.8 Å². The van der Waals surface area contributed by atoms with Gasteiger partial charge in [-0.1, -0.05) is 37.2 Å². The lowest BCUT2D eigenvalue weighted by Crippen LogP contribution is -2.39. The number of amides is 1. The molecule has 0 saturated carbocycles. The van der Waals surface area contributed by atoms with Crippen LogP contribution in [0, 0.1) is 18.8 Å². The van der Waals surface area contributed by atoms with Crippen LogP contribution in [0.3, 0.4) is 0 Å². The quantitative estimate of drug-likeness (QED) is 0.603. The molecular weight excluding hydrogens is 406 g/mol. The van der Waals surface area contributed by atoms with Crippen LogP contribution in [0.15, 0.2) is 28.8 Å². The molecule has 2 atom stereocenters. The smallest absolute Gasteiger partial charge is 0.263 e. The molecule has 1 fully saturated rings. The number of nitrogens with zero attached hydrogens (tertiary/aromatic N) is 4. The van der Waals surface area contributed by atoms with E-state index in [1.807, 2.05) is 31.2 Å². The van der Waals surface area contributed by atoms with Crippen LogP contribution in [0.4, 0.5) is 5.82 Å². The van der Waals surface area contributed by atoms with Gasteiger partial charge in [-0.05, 0) is 31.2 Å². The predicted octanol–water partition coefficient (Wildman–Crippen LogP) is 3.67. The lowest BCUT2D eigenvalue weighted by atomic mass is 9.92. The number of nitrogens with one attached hydrogen (secondary N) is 1. The van der Waals surface area contributed by atoms with Gasteiger partial charge in [-0.25, -0.2) is 4.98 Å². The first-order valence-corrected chi connectivity index (χ1v) is 11.2. The van der Waals surface area contributed by atoms with Crippen LogP contribution in [0.5, 0.6) is 5.75 Å². The highest BCUT2D eigenvalue weighted by molar-refractivity contribution is 5.88. The number of rotatable bonds is 7. The fraction of sp³-hybridized carbons (Fsp3) is 0.500. The molecule has 1 saturated heterocycles. The van der Waals surface area contributed by atoms with Crippen molar-refractivity contribution in [3.05, 3.63) is 41.3 Å². The van der Waals surface area contributed by atoms with Gasteiger partial charge in [-0.3, -0.25) is 4.79 Å². The van der Waals surface area contributed by atoms with Crippen molar-refractivity contribution in [2.45, 2.75) is 46.6 Å². The zero-order valence-corrected chi connectivity index (χ0v) is 19.2. The molecule has 1 N–H and O–H groups in total. The number of para-hydroxylation sites is 1. The molecule has 0 bridgehead atoms. The van der Waals surface area contributed by atoms with Gasteiger partial charge in [0.25, 0.3) is 5.71 Å². The van der Waals surface area contributed by atoms with Crippen molar-refractivity contribution in [3.63, 3.8) is 0 Å². The number of carbonyl (C=O) groups is 1. The third-order valence-electron chi connectivity index (χ3n) is 5.95. The summed E-state index contributed by atoms with van der Waals surface area (Å²) in [6, 6.07) is 7.66. The maximum atomic E-state index is 12.5. The molecule has 4 rings (SSSR count). The minimum absolute atomic E-state index is 0.0601. The van der Waals surface area contributed by atoms with E-state index in [1.165, 1.54) is 6.42 Å². The maximum Gasteiger partial charge on any atom is 0.263 e. The zero-order valence-electron chi connectivity index (χ0n) is 19.2. The van der Waals surface area contributed by atoms with Gasteiger partial charge >= 0.3 is 0 Å². The highest BCUT2D eigenvalue weighted by Gasteiger charge is 2.27. The van der Waals surface area contributed by atoms with Crippen molar-refractivity contribution in [1.82, 2.24) is 20.4 Å². The number of ether oxygens (including phenoxy) is 1. The highest BCUT2D eigenvalue weighted by Crippen LogP contribution is 2.32. The van der Waals surface area contributed by atoms with Gasteiger partial charge in [0.2, 0.25) is 5.91 Å². The van der Waals surface area contributed by atoms with Crippen molar-refractivity contribution in [2.75, 3.05) is 25.1 Å². The summed E-state index contributed by atoms with van der Waals surface area (Å²) in [6.45, 7) is 8.77. The SMILES string of the molecule is COc1ccccc1CNC(=O)CCc1nc(N2C[C@H](C)C[C@@H](C)C2)c2c(C)noc2n1. The van der Waals surface area contributed by atoms with Crippen LogP contribution < -0.4 is 15.0 Å². The fourth-order valence-corrected chi connectivity index (χ4v) is 4.54. The number of methoxy groups -OCH3 is 1. The lowest BCUT2D eigenvalue weighted by molar-refractivity contribution is -0.121.